The molecule has 512 valence electrons. The first-order valence-electron chi connectivity index (χ1n) is 36.8. The third kappa shape index (κ3) is 15.1. The van der Waals surface area contributed by atoms with Crippen molar-refractivity contribution in [1.29, 1.82) is 0 Å². The second-order valence-electron chi connectivity index (χ2n) is 27.0. The molecule has 0 radical (unpaired) electrons. The Morgan fingerprint density at radius 3 is 0.889 bits per heavy atom. The number of fused-ring (bicyclic) bond motifs is 5. The monoisotopic (exact) mass is 1400 g/mol. The SMILES string of the molecule is c1ccc(-c2cc(Nc3ccc(-c4cccc5c4sc4ccccc45)cc3)cc(-c3ccccc3)c2)cc1.c1ccc(-c2ccc(Nc3c(-c4ccccc4)cc(-c4ccccc4)cc3-c3ccccc3)cc2)cc1.c1ccc2c(-c3ccc(Nc4ccc(-c5cccc6ccccc56)cc4)cc3)cccc2c1. The second-order valence-corrected chi connectivity index (χ2v) is 28.0. The van der Waals surface area contributed by atoms with Gasteiger partial charge in [-0.05, 0) is 195 Å². The fourth-order valence-electron chi connectivity index (χ4n) is 14.5. The van der Waals surface area contributed by atoms with Crippen molar-refractivity contribution in [1.82, 2.24) is 0 Å². The lowest BCUT2D eigenvalue weighted by Gasteiger charge is -2.20. The maximum absolute atomic E-state index is 3.80. The first kappa shape index (κ1) is 67.3. The van der Waals surface area contributed by atoms with Gasteiger partial charge in [-0.1, -0.05) is 352 Å². The van der Waals surface area contributed by atoms with E-state index in [1.165, 1.54) is 142 Å². The average molecular weight is 1400 g/mol. The van der Waals surface area contributed by atoms with Gasteiger partial charge in [0.2, 0.25) is 0 Å². The first-order chi connectivity index (χ1) is 53.5. The van der Waals surface area contributed by atoms with Crippen LogP contribution in [0.15, 0.2) is 437 Å². The molecule has 3 N–H and O–H groups in total. The maximum atomic E-state index is 3.80. The van der Waals surface area contributed by atoms with Crippen LogP contribution in [0.2, 0.25) is 0 Å². The summed E-state index contributed by atoms with van der Waals surface area (Å²) in [5.74, 6) is 0. The zero-order chi connectivity index (χ0) is 72.2. The lowest BCUT2D eigenvalue weighted by atomic mass is 9.91. The molecule has 19 aromatic rings. The van der Waals surface area contributed by atoms with Gasteiger partial charge in [0.15, 0.2) is 0 Å². The summed E-state index contributed by atoms with van der Waals surface area (Å²) in [6.45, 7) is 0. The van der Waals surface area contributed by atoms with Crippen LogP contribution in [0.4, 0.5) is 34.1 Å². The summed E-state index contributed by atoms with van der Waals surface area (Å²) in [7, 11) is 0. The Morgan fingerprint density at radius 1 is 0.157 bits per heavy atom. The summed E-state index contributed by atoms with van der Waals surface area (Å²) in [5.41, 5.74) is 28.3. The molecule has 19 rings (SSSR count). The highest BCUT2D eigenvalue weighted by molar-refractivity contribution is 7.26. The molecule has 1 aromatic heterocycles. The van der Waals surface area contributed by atoms with Crippen molar-refractivity contribution < 1.29 is 0 Å². The Bertz CT molecular complexity index is 6000. The van der Waals surface area contributed by atoms with Crippen LogP contribution in [0, 0.1) is 0 Å². The molecule has 1 heterocycles. The van der Waals surface area contributed by atoms with Crippen molar-refractivity contribution in [2.75, 3.05) is 16.0 Å². The standard InChI is InChI=1S/C36H25NS.C36H27N.C32H23N/c1-3-10-25(11-4-1)28-22-29(26-12-5-2-6-13-26)24-31(23-28)37-30-20-18-27(19-21-30)32-15-9-16-34-33-14-7-8-17-35(33)38-36(32)34;1-5-13-27(14-6-1)29-21-23-33(24-22-29)37-36-34(30-17-9-3-10-18-30)25-32(28-15-7-2-8-16-28)26-35(36)31-19-11-4-12-20-31;1-3-11-29-23(7-1)9-5-13-31(29)25-15-19-27(20-16-25)33-28-21-17-26(18-22-28)32-14-6-10-24-8-2-4-12-30(24)32/h1-24,37H;1-26,37H;1-22,33H. The lowest BCUT2D eigenvalue weighted by molar-refractivity contribution is 1.51. The molecule has 4 heteroatoms. The predicted octanol–water partition coefficient (Wildman–Crippen LogP) is 30.0. The van der Waals surface area contributed by atoms with E-state index in [2.05, 4.69) is 453 Å². The maximum Gasteiger partial charge on any atom is 0.0544 e. The van der Waals surface area contributed by atoms with Crippen molar-refractivity contribution in [3.8, 4) is 100 Å². The van der Waals surface area contributed by atoms with Crippen molar-refractivity contribution in [2.24, 2.45) is 0 Å². The Balaban J connectivity index is 0.000000119. The van der Waals surface area contributed by atoms with Gasteiger partial charge in [0.1, 0.15) is 0 Å². The van der Waals surface area contributed by atoms with E-state index < -0.39 is 0 Å². The molecule has 3 nitrogen and oxygen atoms in total. The minimum absolute atomic E-state index is 1.06. The Morgan fingerprint density at radius 2 is 0.444 bits per heavy atom. The predicted molar refractivity (Wildman–Crippen MR) is 465 cm³/mol. The van der Waals surface area contributed by atoms with Gasteiger partial charge in [0.05, 0.1) is 5.69 Å². The molecular weight excluding hydrogens is 1320 g/mol. The highest BCUT2D eigenvalue weighted by Crippen LogP contribution is 2.45. The number of thiophene rings is 1. The molecule has 0 aliphatic rings. The van der Waals surface area contributed by atoms with Gasteiger partial charge in [0.25, 0.3) is 0 Å². The van der Waals surface area contributed by atoms with Crippen molar-refractivity contribution in [2.45, 2.75) is 0 Å². The van der Waals surface area contributed by atoms with E-state index >= 15 is 0 Å². The number of anilines is 6. The molecule has 0 atom stereocenters. The third-order valence-electron chi connectivity index (χ3n) is 20.0. The number of nitrogens with one attached hydrogen (secondary N) is 3. The molecule has 0 unspecified atom stereocenters. The minimum Gasteiger partial charge on any atom is -0.356 e. The Kier molecular flexibility index (Phi) is 19.7. The molecule has 0 bridgehead atoms. The van der Waals surface area contributed by atoms with Crippen LogP contribution < -0.4 is 16.0 Å². The summed E-state index contributed by atoms with van der Waals surface area (Å²) in [6, 6.07) is 155. The van der Waals surface area contributed by atoms with Crippen LogP contribution in [-0.4, -0.2) is 0 Å². The van der Waals surface area contributed by atoms with Crippen molar-refractivity contribution in [3.63, 3.8) is 0 Å². The van der Waals surface area contributed by atoms with Gasteiger partial charge in [-0.3, -0.25) is 0 Å². The fourth-order valence-corrected chi connectivity index (χ4v) is 15.8. The average Bonchev–Trinajstić information content (AvgIpc) is 1.51. The molecule has 108 heavy (non-hydrogen) atoms. The Labute approximate surface area is 635 Å². The molecule has 0 aliphatic heterocycles. The van der Waals surface area contributed by atoms with Gasteiger partial charge in [0, 0.05) is 59.7 Å². The van der Waals surface area contributed by atoms with E-state index in [-0.39, 0.29) is 0 Å². The summed E-state index contributed by atoms with van der Waals surface area (Å²) < 4.78 is 2.68. The van der Waals surface area contributed by atoms with E-state index in [4.69, 9.17) is 0 Å². The van der Waals surface area contributed by atoms with Crippen molar-refractivity contribution >= 4 is 87.2 Å². The number of rotatable bonds is 15. The molecule has 0 saturated heterocycles. The van der Waals surface area contributed by atoms with E-state index in [0.29, 0.717) is 0 Å². The molecule has 0 amide bonds. The molecule has 0 aliphatic carbocycles. The normalized spacial score (nSPS) is 11.0. The molecule has 0 spiro atoms. The zero-order valence-electron chi connectivity index (χ0n) is 59.5. The van der Waals surface area contributed by atoms with E-state index in [0.717, 1.165) is 34.1 Å². The summed E-state index contributed by atoms with van der Waals surface area (Å²) in [4.78, 5) is 0. The second kappa shape index (κ2) is 31.6. The van der Waals surface area contributed by atoms with Crippen LogP contribution in [0.3, 0.4) is 0 Å². The zero-order valence-corrected chi connectivity index (χ0v) is 60.3. The number of hydrogen-bond acceptors (Lipinski definition) is 4. The van der Waals surface area contributed by atoms with Crippen LogP contribution in [0.1, 0.15) is 0 Å². The topological polar surface area (TPSA) is 36.1 Å². The lowest BCUT2D eigenvalue weighted by Crippen LogP contribution is -1.98. The van der Waals surface area contributed by atoms with Gasteiger partial charge in [-0.2, -0.15) is 0 Å². The van der Waals surface area contributed by atoms with Crippen LogP contribution in [0.5, 0.6) is 0 Å². The van der Waals surface area contributed by atoms with E-state index in [9.17, 15) is 0 Å². The van der Waals surface area contributed by atoms with E-state index in [1.807, 2.05) is 11.3 Å². The number of benzene rings is 18. The fraction of sp³-hybridized carbons (Fsp3) is 0. The highest BCUT2D eigenvalue weighted by Gasteiger charge is 2.18. The number of hydrogen-bond donors (Lipinski definition) is 3. The summed E-state index contributed by atoms with van der Waals surface area (Å²) in [6.07, 6.45) is 0. The smallest absolute Gasteiger partial charge is 0.0544 e. The first-order valence-corrected chi connectivity index (χ1v) is 37.6. The molecule has 18 aromatic carbocycles. The molecular formula is C104H75N3S. The van der Waals surface area contributed by atoms with Gasteiger partial charge in [-0.25, -0.2) is 0 Å². The summed E-state index contributed by atoms with van der Waals surface area (Å²) in [5, 5.41) is 18.8. The highest BCUT2D eigenvalue weighted by atomic mass is 32.1. The molecule has 0 fully saturated rings. The van der Waals surface area contributed by atoms with Crippen LogP contribution in [0.25, 0.3) is 142 Å². The molecule has 0 saturated carbocycles. The van der Waals surface area contributed by atoms with Gasteiger partial charge >= 0.3 is 0 Å². The van der Waals surface area contributed by atoms with Gasteiger partial charge < -0.3 is 16.0 Å². The third-order valence-corrected chi connectivity index (χ3v) is 21.2. The summed E-state index contributed by atoms with van der Waals surface area (Å²) >= 11 is 1.87. The Hall–Kier alpha value is -13.9. The van der Waals surface area contributed by atoms with Gasteiger partial charge in [-0.15, -0.1) is 11.3 Å². The van der Waals surface area contributed by atoms with E-state index in [1.54, 1.807) is 0 Å². The van der Waals surface area contributed by atoms with Crippen LogP contribution >= 0.6 is 11.3 Å². The van der Waals surface area contributed by atoms with Crippen molar-refractivity contribution in [3.05, 3.63) is 437 Å². The largest absolute Gasteiger partial charge is 0.356 e. The quantitative estimate of drug-likeness (QED) is 0.0957. The minimum atomic E-state index is 1.06. The van der Waals surface area contributed by atoms with Crippen LogP contribution in [-0.2, 0) is 0 Å².